The molecule has 0 aliphatic heterocycles. The van der Waals surface area contributed by atoms with Crippen LogP contribution in [0.25, 0.3) is 0 Å². The van der Waals surface area contributed by atoms with Gasteiger partial charge in [-0.3, -0.25) is 0 Å². The fraction of sp³-hybridized carbons (Fsp3) is 0.588. The monoisotopic (exact) mass is 322 g/mol. The first-order valence-corrected chi connectivity index (χ1v) is 8.01. The number of nitrogens with one attached hydrogen (secondary N) is 2. The first kappa shape index (κ1) is 17.2. The minimum atomic E-state index is -0.108. The second kappa shape index (κ2) is 8.50. The van der Waals surface area contributed by atoms with Gasteiger partial charge in [-0.25, -0.2) is 4.79 Å². The molecule has 0 heterocycles. The Labute approximate surface area is 137 Å². The Balaban J connectivity index is 1.92. The summed E-state index contributed by atoms with van der Waals surface area (Å²) in [4.78, 5) is 11.9. The van der Waals surface area contributed by atoms with E-state index in [1.165, 1.54) is 12.8 Å². The SMILES string of the molecule is COc1cc(OC)c(CCNC(=O)NC2CCCC2)c(OC)c1. The Bertz CT molecular complexity index is 502. The number of carbonyl (C=O) groups is 1. The molecular formula is C17H26N2O4. The van der Waals surface area contributed by atoms with Crippen molar-refractivity contribution in [2.24, 2.45) is 0 Å². The number of methoxy groups -OCH3 is 3. The summed E-state index contributed by atoms with van der Waals surface area (Å²) in [5.74, 6) is 2.06. The van der Waals surface area contributed by atoms with E-state index in [1.54, 1.807) is 21.3 Å². The summed E-state index contributed by atoms with van der Waals surface area (Å²) in [6.07, 6.45) is 5.17. The van der Waals surface area contributed by atoms with Crippen LogP contribution in [0.2, 0.25) is 0 Å². The topological polar surface area (TPSA) is 68.8 Å². The van der Waals surface area contributed by atoms with Gasteiger partial charge in [0, 0.05) is 30.3 Å². The van der Waals surface area contributed by atoms with Crippen LogP contribution >= 0.6 is 0 Å². The maximum Gasteiger partial charge on any atom is 0.315 e. The molecule has 0 bridgehead atoms. The molecule has 0 unspecified atom stereocenters. The maximum absolute atomic E-state index is 11.9. The van der Waals surface area contributed by atoms with Crippen molar-refractivity contribution in [2.75, 3.05) is 27.9 Å². The Hall–Kier alpha value is -2.11. The van der Waals surface area contributed by atoms with E-state index >= 15 is 0 Å². The van der Waals surface area contributed by atoms with E-state index in [0.29, 0.717) is 36.3 Å². The van der Waals surface area contributed by atoms with Crippen molar-refractivity contribution in [3.8, 4) is 17.2 Å². The Morgan fingerprint density at radius 2 is 1.70 bits per heavy atom. The molecule has 1 aliphatic rings. The van der Waals surface area contributed by atoms with Crippen LogP contribution in [0.15, 0.2) is 12.1 Å². The Kier molecular flexibility index (Phi) is 6.38. The molecule has 0 spiro atoms. The molecule has 6 nitrogen and oxygen atoms in total. The summed E-state index contributed by atoms with van der Waals surface area (Å²) in [5, 5.41) is 5.90. The van der Waals surface area contributed by atoms with Crippen molar-refractivity contribution in [3.63, 3.8) is 0 Å². The van der Waals surface area contributed by atoms with E-state index in [1.807, 2.05) is 12.1 Å². The first-order chi connectivity index (χ1) is 11.2. The zero-order valence-electron chi connectivity index (χ0n) is 14.1. The van der Waals surface area contributed by atoms with Gasteiger partial charge in [-0.05, 0) is 19.3 Å². The average Bonchev–Trinajstić information content (AvgIpc) is 3.07. The molecule has 0 saturated heterocycles. The van der Waals surface area contributed by atoms with E-state index in [0.717, 1.165) is 18.4 Å². The molecule has 0 aromatic heterocycles. The van der Waals surface area contributed by atoms with Gasteiger partial charge in [0.05, 0.1) is 21.3 Å². The van der Waals surface area contributed by atoms with E-state index in [-0.39, 0.29) is 6.03 Å². The van der Waals surface area contributed by atoms with E-state index in [2.05, 4.69) is 10.6 Å². The summed E-state index contributed by atoms with van der Waals surface area (Å²) in [5.41, 5.74) is 0.914. The van der Waals surface area contributed by atoms with Gasteiger partial charge in [0.1, 0.15) is 17.2 Å². The van der Waals surface area contributed by atoms with Crippen LogP contribution in [-0.2, 0) is 6.42 Å². The molecule has 1 aromatic rings. The van der Waals surface area contributed by atoms with Gasteiger partial charge in [-0.1, -0.05) is 12.8 Å². The van der Waals surface area contributed by atoms with Gasteiger partial charge in [-0.15, -0.1) is 0 Å². The van der Waals surface area contributed by atoms with Crippen LogP contribution in [0.3, 0.4) is 0 Å². The van der Waals surface area contributed by atoms with Crippen molar-refractivity contribution in [2.45, 2.75) is 38.1 Å². The highest BCUT2D eigenvalue weighted by atomic mass is 16.5. The maximum atomic E-state index is 11.9. The minimum Gasteiger partial charge on any atom is -0.496 e. The number of amides is 2. The van der Waals surface area contributed by atoms with Crippen molar-refractivity contribution >= 4 is 6.03 Å². The van der Waals surface area contributed by atoms with Crippen LogP contribution in [0.5, 0.6) is 17.2 Å². The highest BCUT2D eigenvalue weighted by Gasteiger charge is 2.17. The summed E-state index contributed by atoms with van der Waals surface area (Å²) < 4.78 is 16.0. The molecule has 1 saturated carbocycles. The molecule has 0 atom stereocenters. The van der Waals surface area contributed by atoms with Crippen LogP contribution < -0.4 is 24.8 Å². The lowest BCUT2D eigenvalue weighted by molar-refractivity contribution is 0.237. The number of urea groups is 1. The number of carbonyl (C=O) groups excluding carboxylic acids is 1. The third-order valence-corrected chi connectivity index (χ3v) is 4.17. The Morgan fingerprint density at radius 3 is 2.22 bits per heavy atom. The van der Waals surface area contributed by atoms with Gasteiger partial charge in [-0.2, -0.15) is 0 Å². The number of hydrogen-bond donors (Lipinski definition) is 2. The van der Waals surface area contributed by atoms with Gasteiger partial charge < -0.3 is 24.8 Å². The number of benzene rings is 1. The van der Waals surface area contributed by atoms with Gasteiger partial charge in [0.15, 0.2) is 0 Å². The minimum absolute atomic E-state index is 0.108. The average molecular weight is 322 g/mol. The predicted molar refractivity (Wildman–Crippen MR) is 88.6 cm³/mol. The summed E-state index contributed by atoms with van der Waals surface area (Å²) in [6, 6.07) is 3.84. The largest absolute Gasteiger partial charge is 0.496 e. The van der Waals surface area contributed by atoms with E-state index in [4.69, 9.17) is 14.2 Å². The molecule has 6 heteroatoms. The molecule has 128 valence electrons. The molecule has 1 aliphatic carbocycles. The number of rotatable bonds is 7. The number of ether oxygens (including phenoxy) is 3. The molecule has 2 amide bonds. The third-order valence-electron chi connectivity index (χ3n) is 4.17. The van der Waals surface area contributed by atoms with Gasteiger partial charge in [0.2, 0.25) is 0 Å². The zero-order valence-corrected chi connectivity index (χ0v) is 14.1. The van der Waals surface area contributed by atoms with E-state index < -0.39 is 0 Å². The fourth-order valence-corrected chi connectivity index (χ4v) is 2.93. The van der Waals surface area contributed by atoms with Crippen molar-refractivity contribution in [3.05, 3.63) is 17.7 Å². The molecule has 1 fully saturated rings. The van der Waals surface area contributed by atoms with E-state index in [9.17, 15) is 4.79 Å². The second-order valence-corrected chi connectivity index (χ2v) is 5.64. The van der Waals surface area contributed by atoms with Crippen LogP contribution in [0.4, 0.5) is 4.79 Å². The lowest BCUT2D eigenvalue weighted by Crippen LogP contribution is -2.41. The molecular weight excluding hydrogens is 296 g/mol. The lowest BCUT2D eigenvalue weighted by Gasteiger charge is -2.16. The van der Waals surface area contributed by atoms with Crippen LogP contribution in [-0.4, -0.2) is 39.9 Å². The highest BCUT2D eigenvalue weighted by Crippen LogP contribution is 2.34. The van der Waals surface area contributed by atoms with Crippen LogP contribution in [0.1, 0.15) is 31.2 Å². The molecule has 2 N–H and O–H groups in total. The fourth-order valence-electron chi connectivity index (χ4n) is 2.93. The molecule has 1 aromatic carbocycles. The Morgan fingerprint density at radius 1 is 1.09 bits per heavy atom. The quantitative estimate of drug-likeness (QED) is 0.809. The second-order valence-electron chi connectivity index (χ2n) is 5.64. The zero-order chi connectivity index (χ0) is 16.7. The van der Waals surface area contributed by atoms with Gasteiger partial charge in [0.25, 0.3) is 0 Å². The smallest absolute Gasteiger partial charge is 0.315 e. The normalized spacial score (nSPS) is 14.4. The number of hydrogen-bond acceptors (Lipinski definition) is 4. The first-order valence-electron chi connectivity index (χ1n) is 8.01. The summed E-state index contributed by atoms with van der Waals surface area (Å²) in [6.45, 7) is 0.512. The molecule has 23 heavy (non-hydrogen) atoms. The van der Waals surface area contributed by atoms with Crippen LogP contribution in [0, 0.1) is 0 Å². The third kappa shape index (κ3) is 4.68. The molecule has 0 radical (unpaired) electrons. The lowest BCUT2D eigenvalue weighted by atomic mass is 10.1. The summed E-state index contributed by atoms with van der Waals surface area (Å²) >= 11 is 0. The van der Waals surface area contributed by atoms with Crippen molar-refractivity contribution < 1.29 is 19.0 Å². The van der Waals surface area contributed by atoms with Crippen molar-refractivity contribution in [1.29, 1.82) is 0 Å². The highest BCUT2D eigenvalue weighted by molar-refractivity contribution is 5.74. The standard InChI is InChI=1S/C17H26N2O4/c1-21-13-10-15(22-2)14(16(11-13)23-3)8-9-18-17(20)19-12-6-4-5-7-12/h10-12H,4-9H2,1-3H3,(H2,18,19,20). The molecule has 2 rings (SSSR count). The van der Waals surface area contributed by atoms with Crippen molar-refractivity contribution in [1.82, 2.24) is 10.6 Å². The predicted octanol–water partition coefficient (Wildman–Crippen LogP) is 2.50. The van der Waals surface area contributed by atoms with Gasteiger partial charge >= 0.3 is 6.03 Å². The summed E-state index contributed by atoms with van der Waals surface area (Å²) in [7, 11) is 4.82.